The predicted octanol–water partition coefficient (Wildman–Crippen LogP) is 2.38. The summed E-state index contributed by atoms with van der Waals surface area (Å²) >= 11 is 0. The van der Waals surface area contributed by atoms with Crippen LogP contribution in [0.4, 0.5) is 14.5 Å². The fraction of sp³-hybridized carbons (Fsp3) is 0.143. The Morgan fingerprint density at radius 1 is 1.30 bits per heavy atom. The number of aryl methyl sites for hydroxylation is 1. The highest BCUT2D eigenvalue weighted by molar-refractivity contribution is 6.02. The number of carbonyl (C=O) groups is 1. The van der Waals surface area contributed by atoms with E-state index in [4.69, 9.17) is 5.73 Å². The van der Waals surface area contributed by atoms with Crippen molar-refractivity contribution in [2.75, 3.05) is 5.32 Å². The monoisotopic (exact) mass is 277 g/mol. The van der Waals surface area contributed by atoms with Crippen LogP contribution in [0.15, 0.2) is 30.5 Å². The topological polar surface area (TPSA) is 68.0 Å². The molecule has 1 amide bonds. The van der Waals surface area contributed by atoms with Crippen LogP contribution < -0.4 is 11.1 Å². The zero-order valence-electron chi connectivity index (χ0n) is 10.8. The Morgan fingerprint density at radius 3 is 2.65 bits per heavy atom. The Hall–Kier alpha value is -2.34. The van der Waals surface area contributed by atoms with Crippen LogP contribution in [-0.4, -0.2) is 10.9 Å². The fourth-order valence-corrected chi connectivity index (χ4v) is 1.61. The highest BCUT2D eigenvalue weighted by atomic mass is 19.1. The minimum atomic E-state index is -0.698. The van der Waals surface area contributed by atoms with E-state index in [9.17, 15) is 13.6 Å². The van der Waals surface area contributed by atoms with E-state index < -0.39 is 17.5 Å². The summed E-state index contributed by atoms with van der Waals surface area (Å²) in [4.78, 5) is 15.8. The Bertz CT molecular complexity index is 642. The second kappa shape index (κ2) is 5.75. The van der Waals surface area contributed by atoms with Gasteiger partial charge in [-0.2, -0.15) is 0 Å². The molecule has 104 valence electrons. The summed E-state index contributed by atoms with van der Waals surface area (Å²) in [5.41, 5.74) is 6.24. The van der Waals surface area contributed by atoms with Crippen LogP contribution in [-0.2, 0) is 6.54 Å². The molecule has 0 aliphatic rings. The van der Waals surface area contributed by atoms with Gasteiger partial charge < -0.3 is 11.1 Å². The number of benzene rings is 1. The summed E-state index contributed by atoms with van der Waals surface area (Å²) in [6, 6.07) is 5.08. The summed E-state index contributed by atoms with van der Waals surface area (Å²) in [5.74, 6) is -1.90. The van der Waals surface area contributed by atoms with E-state index in [1.54, 1.807) is 6.07 Å². The van der Waals surface area contributed by atoms with E-state index in [0.717, 1.165) is 17.7 Å². The number of hydrogen-bond donors (Lipinski definition) is 2. The molecule has 2 aromatic rings. The molecule has 0 saturated carbocycles. The van der Waals surface area contributed by atoms with Crippen molar-refractivity contribution in [2.45, 2.75) is 13.5 Å². The number of aromatic nitrogens is 1. The molecule has 4 nitrogen and oxygen atoms in total. The summed E-state index contributed by atoms with van der Waals surface area (Å²) in [6.45, 7) is 1.75. The summed E-state index contributed by atoms with van der Waals surface area (Å²) in [7, 11) is 0. The first-order chi connectivity index (χ1) is 9.51. The molecule has 0 radical (unpaired) electrons. The van der Waals surface area contributed by atoms with Gasteiger partial charge in [0, 0.05) is 18.8 Å². The predicted molar refractivity (Wildman–Crippen MR) is 71.2 cm³/mol. The number of halogens is 2. The smallest absolute Gasteiger partial charge is 0.274 e. The molecule has 1 heterocycles. The first-order valence-electron chi connectivity index (χ1n) is 5.93. The minimum absolute atomic E-state index is 0.0996. The Labute approximate surface area is 114 Å². The second-order valence-corrected chi connectivity index (χ2v) is 4.29. The molecule has 0 aliphatic heterocycles. The molecule has 1 aromatic carbocycles. The zero-order valence-corrected chi connectivity index (χ0v) is 10.8. The second-order valence-electron chi connectivity index (χ2n) is 4.29. The van der Waals surface area contributed by atoms with Crippen molar-refractivity contribution in [3.8, 4) is 0 Å². The number of hydrogen-bond acceptors (Lipinski definition) is 3. The van der Waals surface area contributed by atoms with E-state index in [0.29, 0.717) is 6.54 Å². The lowest BCUT2D eigenvalue weighted by Gasteiger charge is -2.08. The van der Waals surface area contributed by atoms with Crippen molar-refractivity contribution < 1.29 is 13.6 Å². The first kappa shape index (κ1) is 14.1. The molecule has 0 bridgehead atoms. The number of carbonyl (C=O) groups excluding carboxylic acids is 1. The summed E-state index contributed by atoms with van der Waals surface area (Å²) in [5, 5.41) is 2.28. The molecule has 0 aliphatic carbocycles. The van der Waals surface area contributed by atoms with Gasteiger partial charge in [-0.1, -0.05) is 6.07 Å². The number of pyridine rings is 1. The maximum atomic E-state index is 13.6. The number of nitrogens with zero attached hydrogens (tertiary/aromatic N) is 1. The van der Waals surface area contributed by atoms with Gasteiger partial charge in [0.25, 0.3) is 5.91 Å². The average molecular weight is 277 g/mol. The third-order valence-corrected chi connectivity index (χ3v) is 2.79. The van der Waals surface area contributed by atoms with Crippen molar-refractivity contribution in [2.24, 2.45) is 5.73 Å². The van der Waals surface area contributed by atoms with E-state index >= 15 is 0 Å². The molecular formula is C14H13F2N3O. The van der Waals surface area contributed by atoms with Crippen molar-refractivity contribution in [1.82, 2.24) is 4.98 Å². The molecule has 0 atom stereocenters. The van der Waals surface area contributed by atoms with E-state index in [-0.39, 0.29) is 16.9 Å². The number of amides is 1. The highest BCUT2D eigenvalue weighted by Gasteiger charge is 2.12. The normalized spacial score (nSPS) is 10.4. The van der Waals surface area contributed by atoms with E-state index in [1.807, 2.05) is 0 Å². The van der Waals surface area contributed by atoms with Crippen LogP contribution in [0.5, 0.6) is 0 Å². The first-order valence-corrected chi connectivity index (χ1v) is 5.93. The van der Waals surface area contributed by atoms with E-state index in [2.05, 4.69) is 10.3 Å². The highest BCUT2D eigenvalue weighted by Crippen LogP contribution is 2.19. The van der Waals surface area contributed by atoms with Gasteiger partial charge in [-0.05, 0) is 30.2 Å². The van der Waals surface area contributed by atoms with Gasteiger partial charge in [0.1, 0.15) is 17.3 Å². The fourth-order valence-electron chi connectivity index (χ4n) is 1.61. The molecule has 0 saturated heterocycles. The van der Waals surface area contributed by atoms with Gasteiger partial charge in [0.05, 0.1) is 5.69 Å². The van der Waals surface area contributed by atoms with Crippen molar-refractivity contribution in [1.29, 1.82) is 0 Å². The third kappa shape index (κ3) is 2.97. The third-order valence-electron chi connectivity index (χ3n) is 2.79. The van der Waals surface area contributed by atoms with Gasteiger partial charge in [0.2, 0.25) is 0 Å². The molecule has 3 N–H and O–H groups in total. The van der Waals surface area contributed by atoms with Crippen molar-refractivity contribution in [3.05, 3.63) is 58.9 Å². The van der Waals surface area contributed by atoms with Gasteiger partial charge in [-0.3, -0.25) is 9.78 Å². The molecule has 20 heavy (non-hydrogen) atoms. The Balaban J connectivity index is 2.20. The van der Waals surface area contributed by atoms with Crippen molar-refractivity contribution >= 4 is 11.6 Å². The lowest BCUT2D eigenvalue weighted by Crippen LogP contribution is -2.15. The van der Waals surface area contributed by atoms with Crippen LogP contribution in [0.2, 0.25) is 0 Å². The lowest BCUT2D eigenvalue weighted by atomic mass is 10.2. The summed E-state index contributed by atoms with van der Waals surface area (Å²) < 4.78 is 27.0. The van der Waals surface area contributed by atoms with Gasteiger partial charge in [-0.15, -0.1) is 0 Å². The lowest BCUT2D eigenvalue weighted by molar-refractivity contribution is 0.102. The van der Waals surface area contributed by atoms with Crippen LogP contribution in [0.1, 0.15) is 21.6 Å². The standard InChI is InChI=1S/C14H13F2N3O/c1-8-4-11(16)13(5-10(8)15)19-14(20)12-3-2-9(6-17)7-18-12/h2-5,7H,6,17H2,1H3,(H,19,20). The number of nitrogens with one attached hydrogen (secondary N) is 1. The SMILES string of the molecule is Cc1cc(F)c(NC(=O)c2ccc(CN)cn2)cc1F. The molecule has 0 unspecified atom stereocenters. The van der Waals surface area contributed by atoms with E-state index in [1.165, 1.54) is 19.2 Å². The summed E-state index contributed by atoms with van der Waals surface area (Å²) in [6.07, 6.45) is 1.46. The average Bonchev–Trinajstić information content (AvgIpc) is 2.44. The van der Waals surface area contributed by atoms with Gasteiger partial charge in [0.15, 0.2) is 0 Å². The maximum absolute atomic E-state index is 13.6. The Kier molecular flexibility index (Phi) is 4.05. The van der Waals surface area contributed by atoms with Crippen LogP contribution >= 0.6 is 0 Å². The van der Waals surface area contributed by atoms with Gasteiger partial charge >= 0.3 is 0 Å². The van der Waals surface area contributed by atoms with Gasteiger partial charge in [-0.25, -0.2) is 8.78 Å². The van der Waals surface area contributed by atoms with Crippen LogP contribution in [0, 0.1) is 18.6 Å². The zero-order chi connectivity index (χ0) is 14.7. The number of nitrogens with two attached hydrogens (primary N) is 1. The Morgan fingerprint density at radius 2 is 2.05 bits per heavy atom. The molecule has 6 heteroatoms. The number of anilines is 1. The largest absolute Gasteiger partial charge is 0.326 e. The van der Waals surface area contributed by atoms with Crippen LogP contribution in [0.3, 0.4) is 0 Å². The maximum Gasteiger partial charge on any atom is 0.274 e. The molecule has 0 spiro atoms. The molecule has 1 aromatic heterocycles. The minimum Gasteiger partial charge on any atom is -0.326 e. The molecule has 2 rings (SSSR count). The number of rotatable bonds is 3. The van der Waals surface area contributed by atoms with Crippen LogP contribution in [0.25, 0.3) is 0 Å². The molecule has 0 fully saturated rings. The quantitative estimate of drug-likeness (QED) is 0.905. The molecular weight excluding hydrogens is 264 g/mol. The van der Waals surface area contributed by atoms with Crippen molar-refractivity contribution in [3.63, 3.8) is 0 Å².